The minimum absolute atomic E-state index is 0.00995. The van der Waals surface area contributed by atoms with E-state index >= 15 is 0 Å². The van der Waals surface area contributed by atoms with Crippen LogP contribution in [0.15, 0.2) is 22.7 Å². The Labute approximate surface area is 106 Å². The first-order valence-electron chi connectivity index (χ1n) is 5.52. The molecule has 1 fully saturated rings. The number of fused-ring (bicyclic) bond motifs is 1. The van der Waals surface area contributed by atoms with E-state index in [1.54, 1.807) is 0 Å². The van der Waals surface area contributed by atoms with E-state index < -0.39 is 5.97 Å². The van der Waals surface area contributed by atoms with Crippen molar-refractivity contribution >= 4 is 32.9 Å². The van der Waals surface area contributed by atoms with Crippen LogP contribution in [0.3, 0.4) is 0 Å². The molecule has 4 nitrogen and oxygen atoms in total. The van der Waals surface area contributed by atoms with Crippen LogP contribution in [0.4, 0.5) is 0 Å². The monoisotopic (exact) mass is 294 g/mol. The molecule has 2 aromatic rings. The lowest BCUT2D eigenvalue weighted by atomic mass is 10.3. The van der Waals surface area contributed by atoms with Crippen molar-refractivity contribution < 1.29 is 9.90 Å². The quantitative estimate of drug-likeness (QED) is 0.947. The van der Waals surface area contributed by atoms with Gasteiger partial charge in [0.15, 0.2) is 0 Å². The molecule has 1 aliphatic rings. The van der Waals surface area contributed by atoms with Gasteiger partial charge in [0.1, 0.15) is 12.4 Å². The Bertz CT molecular complexity index is 602. The van der Waals surface area contributed by atoms with E-state index in [-0.39, 0.29) is 6.54 Å². The SMILES string of the molecule is O=C(O)Cn1c(C2CC2)nc2cc(Br)ccc21. The maximum Gasteiger partial charge on any atom is 0.323 e. The second-order valence-corrected chi connectivity index (χ2v) is 5.27. The molecular formula is C12H11BrN2O2. The molecule has 0 radical (unpaired) electrons. The van der Waals surface area contributed by atoms with E-state index in [0.29, 0.717) is 5.92 Å². The van der Waals surface area contributed by atoms with Crippen LogP contribution in [-0.4, -0.2) is 20.6 Å². The number of carbonyl (C=O) groups is 1. The average Bonchev–Trinajstić information content (AvgIpc) is 3.03. The van der Waals surface area contributed by atoms with Crippen molar-refractivity contribution in [3.05, 3.63) is 28.5 Å². The molecule has 0 bridgehead atoms. The van der Waals surface area contributed by atoms with Gasteiger partial charge in [0.05, 0.1) is 11.0 Å². The lowest BCUT2D eigenvalue weighted by Crippen LogP contribution is -2.11. The number of hydrogen-bond donors (Lipinski definition) is 1. The maximum absolute atomic E-state index is 10.9. The Morgan fingerprint density at radius 2 is 2.29 bits per heavy atom. The summed E-state index contributed by atoms with van der Waals surface area (Å²) in [6.07, 6.45) is 2.23. The fourth-order valence-electron chi connectivity index (χ4n) is 2.08. The minimum Gasteiger partial charge on any atom is -0.480 e. The summed E-state index contributed by atoms with van der Waals surface area (Å²) in [4.78, 5) is 15.5. The number of carboxylic acid groups (broad SMARTS) is 1. The summed E-state index contributed by atoms with van der Waals surface area (Å²) in [7, 11) is 0. The molecule has 88 valence electrons. The largest absolute Gasteiger partial charge is 0.480 e. The normalized spacial score (nSPS) is 15.4. The highest BCUT2D eigenvalue weighted by molar-refractivity contribution is 9.10. The molecule has 1 aliphatic carbocycles. The van der Waals surface area contributed by atoms with Crippen LogP contribution in [0.5, 0.6) is 0 Å². The maximum atomic E-state index is 10.9. The molecule has 3 rings (SSSR count). The molecule has 1 heterocycles. The summed E-state index contributed by atoms with van der Waals surface area (Å²) in [5, 5.41) is 8.97. The second kappa shape index (κ2) is 3.84. The van der Waals surface area contributed by atoms with Gasteiger partial charge in [0, 0.05) is 10.4 Å². The summed E-state index contributed by atoms with van der Waals surface area (Å²) >= 11 is 3.40. The van der Waals surface area contributed by atoms with Gasteiger partial charge >= 0.3 is 5.97 Å². The number of nitrogens with zero attached hydrogens (tertiary/aromatic N) is 2. The van der Waals surface area contributed by atoms with Gasteiger partial charge in [-0.2, -0.15) is 0 Å². The third kappa shape index (κ3) is 1.95. The summed E-state index contributed by atoms with van der Waals surface area (Å²) in [5.41, 5.74) is 1.76. The number of carboxylic acids is 1. The van der Waals surface area contributed by atoms with Crippen molar-refractivity contribution in [1.29, 1.82) is 0 Å². The Morgan fingerprint density at radius 1 is 1.53 bits per heavy atom. The van der Waals surface area contributed by atoms with Crippen molar-refractivity contribution in [1.82, 2.24) is 9.55 Å². The zero-order chi connectivity index (χ0) is 12.0. The van der Waals surface area contributed by atoms with Gasteiger partial charge in [-0.25, -0.2) is 4.98 Å². The Hall–Kier alpha value is -1.36. The second-order valence-electron chi connectivity index (χ2n) is 4.36. The molecule has 1 N–H and O–H groups in total. The molecule has 5 heteroatoms. The van der Waals surface area contributed by atoms with Crippen molar-refractivity contribution in [3.8, 4) is 0 Å². The summed E-state index contributed by atoms with van der Waals surface area (Å²) in [5.74, 6) is 0.537. The van der Waals surface area contributed by atoms with Gasteiger partial charge in [0.25, 0.3) is 0 Å². The zero-order valence-corrected chi connectivity index (χ0v) is 10.6. The third-order valence-electron chi connectivity index (χ3n) is 2.98. The number of aromatic nitrogens is 2. The topological polar surface area (TPSA) is 55.1 Å². The first-order valence-corrected chi connectivity index (χ1v) is 6.32. The number of benzene rings is 1. The molecule has 0 unspecified atom stereocenters. The smallest absolute Gasteiger partial charge is 0.323 e. The highest BCUT2D eigenvalue weighted by atomic mass is 79.9. The molecule has 0 spiro atoms. The van der Waals surface area contributed by atoms with Gasteiger partial charge in [-0.3, -0.25) is 4.79 Å². The molecule has 0 aliphatic heterocycles. The molecule has 1 aromatic heterocycles. The van der Waals surface area contributed by atoms with Crippen molar-refractivity contribution in [2.24, 2.45) is 0 Å². The van der Waals surface area contributed by atoms with Gasteiger partial charge in [-0.15, -0.1) is 0 Å². The summed E-state index contributed by atoms with van der Waals surface area (Å²) in [6.45, 7) is -0.00995. The van der Waals surface area contributed by atoms with Gasteiger partial charge in [-0.1, -0.05) is 15.9 Å². The number of rotatable bonds is 3. The molecule has 17 heavy (non-hydrogen) atoms. The van der Waals surface area contributed by atoms with E-state index in [9.17, 15) is 4.79 Å². The standard InChI is InChI=1S/C12H11BrN2O2/c13-8-3-4-10-9(5-8)14-12(7-1-2-7)15(10)6-11(16)17/h3-5,7H,1-2,6H2,(H,16,17). The highest BCUT2D eigenvalue weighted by Gasteiger charge is 2.30. The Kier molecular flexibility index (Phi) is 2.43. The Morgan fingerprint density at radius 3 is 2.94 bits per heavy atom. The molecule has 1 saturated carbocycles. The zero-order valence-electron chi connectivity index (χ0n) is 9.06. The Balaban J connectivity index is 2.19. The fourth-order valence-corrected chi connectivity index (χ4v) is 2.43. The van der Waals surface area contributed by atoms with Crippen LogP contribution >= 0.6 is 15.9 Å². The average molecular weight is 295 g/mol. The van der Waals surface area contributed by atoms with E-state index in [0.717, 1.165) is 34.2 Å². The van der Waals surface area contributed by atoms with Crippen molar-refractivity contribution in [2.45, 2.75) is 25.3 Å². The number of imidazole rings is 1. The van der Waals surface area contributed by atoms with Crippen molar-refractivity contribution in [2.75, 3.05) is 0 Å². The van der Waals surface area contributed by atoms with E-state index in [1.165, 1.54) is 0 Å². The van der Waals surface area contributed by atoms with Crippen LogP contribution < -0.4 is 0 Å². The number of halogens is 1. The molecular weight excluding hydrogens is 284 g/mol. The van der Waals surface area contributed by atoms with Crippen molar-refractivity contribution in [3.63, 3.8) is 0 Å². The van der Waals surface area contributed by atoms with E-state index in [4.69, 9.17) is 5.11 Å². The van der Waals surface area contributed by atoms with Crippen LogP contribution in [0, 0.1) is 0 Å². The molecule has 0 atom stereocenters. The van der Waals surface area contributed by atoms with Crippen LogP contribution in [0.25, 0.3) is 11.0 Å². The molecule has 1 aromatic carbocycles. The predicted octanol–water partition coefficient (Wildman–Crippen LogP) is 2.76. The van der Waals surface area contributed by atoms with Crippen LogP contribution in [0.1, 0.15) is 24.6 Å². The lowest BCUT2D eigenvalue weighted by molar-refractivity contribution is -0.137. The summed E-state index contributed by atoms with van der Waals surface area (Å²) < 4.78 is 2.79. The van der Waals surface area contributed by atoms with E-state index in [2.05, 4.69) is 20.9 Å². The molecule has 0 saturated heterocycles. The van der Waals surface area contributed by atoms with Gasteiger partial charge < -0.3 is 9.67 Å². The third-order valence-corrected chi connectivity index (χ3v) is 3.47. The van der Waals surface area contributed by atoms with Gasteiger partial charge in [0.2, 0.25) is 0 Å². The highest BCUT2D eigenvalue weighted by Crippen LogP contribution is 2.40. The number of hydrogen-bond acceptors (Lipinski definition) is 2. The van der Waals surface area contributed by atoms with Gasteiger partial charge in [-0.05, 0) is 31.0 Å². The summed E-state index contributed by atoms with van der Waals surface area (Å²) in [6, 6.07) is 5.76. The predicted molar refractivity (Wildman–Crippen MR) is 67.0 cm³/mol. The fraction of sp³-hybridized carbons (Fsp3) is 0.333. The number of aliphatic carboxylic acids is 1. The minimum atomic E-state index is -0.825. The lowest BCUT2D eigenvalue weighted by Gasteiger charge is -2.04. The molecule has 0 amide bonds. The van der Waals surface area contributed by atoms with Crippen LogP contribution in [-0.2, 0) is 11.3 Å². The first-order chi connectivity index (χ1) is 8.15. The van der Waals surface area contributed by atoms with Crippen LogP contribution in [0.2, 0.25) is 0 Å². The van der Waals surface area contributed by atoms with E-state index in [1.807, 2.05) is 22.8 Å². The first kappa shape index (κ1) is 10.8.